The van der Waals surface area contributed by atoms with Crippen LogP contribution in [0, 0.1) is 0 Å². The number of hydrogen-bond donors (Lipinski definition) is 1. The quantitative estimate of drug-likeness (QED) is 0.834. The Hall–Kier alpha value is -1.75. The van der Waals surface area contributed by atoms with Crippen LogP contribution >= 0.6 is 0 Å². The van der Waals surface area contributed by atoms with Gasteiger partial charge in [-0.1, -0.05) is 6.92 Å². The molecule has 0 aliphatic heterocycles. The average molecular weight is 263 g/mol. The Balaban J connectivity index is 2.39. The van der Waals surface area contributed by atoms with Crippen molar-refractivity contribution < 1.29 is 9.15 Å². The van der Waals surface area contributed by atoms with E-state index in [4.69, 9.17) is 9.15 Å². The van der Waals surface area contributed by atoms with Crippen LogP contribution in [0.15, 0.2) is 29.2 Å². The van der Waals surface area contributed by atoms with Gasteiger partial charge < -0.3 is 14.5 Å². The van der Waals surface area contributed by atoms with Gasteiger partial charge in [-0.05, 0) is 26.0 Å². The van der Waals surface area contributed by atoms with E-state index in [1.807, 2.05) is 10.7 Å². The molecule has 0 aliphatic carbocycles. The van der Waals surface area contributed by atoms with Crippen LogP contribution in [0.4, 0.5) is 0 Å². The summed E-state index contributed by atoms with van der Waals surface area (Å²) in [7, 11) is 1.67. The predicted octanol–water partition coefficient (Wildman–Crippen LogP) is 2.59. The molecule has 2 aromatic rings. The van der Waals surface area contributed by atoms with E-state index < -0.39 is 0 Å². The molecule has 0 aromatic carbocycles. The minimum absolute atomic E-state index is 0.0381. The van der Waals surface area contributed by atoms with Crippen molar-refractivity contribution in [1.29, 1.82) is 0 Å². The van der Waals surface area contributed by atoms with Crippen molar-refractivity contribution in [3.05, 3.63) is 36.0 Å². The Morgan fingerprint density at radius 3 is 2.89 bits per heavy atom. The molecule has 0 aliphatic rings. The van der Waals surface area contributed by atoms with E-state index in [0.29, 0.717) is 0 Å². The second-order valence-corrected chi connectivity index (χ2v) is 4.36. The van der Waals surface area contributed by atoms with E-state index in [1.54, 1.807) is 25.8 Å². The third-order valence-electron chi connectivity index (χ3n) is 3.11. The van der Waals surface area contributed by atoms with Gasteiger partial charge in [-0.25, -0.2) is 0 Å². The van der Waals surface area contributed by atoms with Crippen molar-refractivity contribution in [3.8, 4) is 5.75 Å². The van der Waals surface area contributed by atoms with Gasteiger partial charge in [0.25, 0.3) is 0 Å². The van der Waals surface area contributed by atoms with Crippen molar-refractivity contribution in [3.63, 3.8) is 0 Å². The smallest absolute Gasteiger partial charge is 0.161 e. The van der Waals surface area contributed by atoms with Crippen LogP contribution in [0.2, 0.25) is 0 Å². The zero-order valence-corrected chi connectivity index (χ0v) is 11.7. The largest absolute Gasteiger partial charge is 0.493 e. The van der Waals surface area contributed by atoms with Crippen molar-refractivity contribution in [1.82, 2.24) is 15.1 Å². The second-order valence-electron chi connectivity index (χ2n) is 4.36. The van der Waals surface area contributed by atoms with Gasteiger partial charge in [-0.15, -0.1) is 0 Å². The summed E-state index contributed by atoms with van der Waals surface area (Å²) in [6.45, 7) is 5.95. The predicted molar refractivity (Wildman–Crippen MR) is 73.3 cm³/mol. The maximum absolute atomic E-state index is 5.43. The standard InChI is InChI=1S/C14H21N3O2/c1-4-7-15-13(11-6-8-19-10-11)14-12(18-3)9-16-17(14)5-2/h6,8-10,13,15H,4-5,7H2,1-3H3. The lowest BCUT2D eigenvalue weighted by Gasteiger charge is -2.19. The lowest BCUT2D eigenvalue weighted by molar-refractivity contribution is 0.398. The fraction of sp³-hybridized carbons (Fsp3) is 0.500. The zero-order valence-electron chi connectivity index (χ0n) is 11.7. The maximum Gasteiger partial charge on any atom is 0.161 e. The minimum atomic E-state index is 0.0381. The maximum atomic E-state index is 5.43. The number of aromatic nitrogens is 2. The van der Waals surface area contributed by atoms with Crippen molar-refractivity contribution in [2.45, 2.75) is 32.9 Å². The first-order chi connectivity index (χ1) is 9.31. The molecule has 104 valence electrons. The van der Waals surface area contributed by atoms with E-state index >= 15 is 0 Å². The van der Waals surface area contributed by atoms with Crippen LogP contribution in [-0.2, 0) is 6.54 Å². The molecule has 1 atom stereocenters. The molecule has 0 bridgehead atoms. The Kier molecular flexibility index (Phi) is 4.63. The summed E-state index contributed by atoms with van der Waals surface area (Å²) in [5.74, 6) is 0.802. The summed E-state index contributed by atoms with van der Waals surface area (Å²) < 4.78 is 12.6. The molecular weight excluding hydrogens is 242 g/mol. The van der Waals surface area contributed by atoms with Gasteiger partial charge in [-0.3, -0.25) is 4.68 Å². The van der Waals surface area contributed by atoms with E-state index in [9.17, 15) is 0 Å². The van der Waals surface area contributed by atoms with Gasteiger partial charge >= 0.3 is 0 Å². The summed E-state index contributed by atoms with van der Waals surface area (Å²) in [6, 6.07) is 2.01. The van der Waals surface area contributed by atoms with Gasteiger partial charge in [0.1, 0.15) is 5.69 Å². The minimum Gasteiger partial charge on any atom is -0.493 e. The fourth-order valence-electron chi connectivity index (χ4n) is 2.18. The van der Waals surface area contributed by atoms with E-state index in [2.05, 4.69) is 24.3 Å². The lowest BCUT2D eigenvalue weighted by atomic mass is 10.1. The molecular formula is C14H21N3O2. The van der Waals surface area contributed by atoms with Gasteiger partial charge in [0.05, 0.1) is 31.9 Å². The number of furan rings is 1. The van der Waals surface area contributed by atoms with Gasteiger partial charge in [-0.2, -0.15) is 5.10 Å². The third-order valence-corrected chi connectivity index (χ3v) is 3.11. The molecule has 5 heteroatoms. The molecule has 2 rings (SSSR count). The highest BCUT2D eigenvalue weighted by Gasteiger charge is 2.23. The molecule has 0 radical (unpaired) electrons. The Labute approximate surface area is 113 Å². The highest BCUT2D eigenvalue weighted by Crippen LogP contribution is 2.30. The highest BCUT2D eigenvalue weighted by atomic mass is 16.5. The van der Waals surface area contributed by atoms with Gasteiger partial charge in [0.2, 0.25) is 0 Å². The lowest BCUT2D eigenvalue weighted by Crippen LogP contribution is -2.25. The number of methoxy groups -OCH3 is 1. The SMILES string of the molecule is CCCNC(c1ccoc1)c1c(OC)cnn1CC. The molecule has 0 saturated carbocycles. The van der Waals surface area contributed by atoms with E-state index in [-0.39, 0.29) is 6.04 Å². The molecule has 19 heavy (non-hydrogen) atoms. The number of rotatable bonds is 7. The Morgan fingerprint density at radius 1 is 1.47 bits per heavy atom. The molecule has 5 nitrogen and oxygen atoms in total. The van der Waals surface area contributed by atoms with Crippen molar-refractivity contribution in [2.24, 2.45) is 0 Å². The monoisotopic (exact) mass is 263 g/mol. The number of nitrogens with one attached hydrogen (secondary N) is 1. The first-order valence-corrected chi connectivity index (χ1v) is 6.66. The summed E-state index contributed by atoms with van der Waals surface area (Å²) in [6.07, 6.45) is 6.28. The van der Waals surface area contributed by atoms with Gasteiger partial charge in [0, 0.05) is 12.1 Å². The Bertz CT molecular complexity index is 469. The number of ether oxygens (including phenoxy) is 1. The molecule has 2 aromatic heterocycles. The van der Waals surface area contributed by atoms with Crippen LogP contribution < -0.4 is 10.1 Å². The summed E-state index contributed by atoms with van der Waals surface area (Å²) in [5, 5.41) is 7.89. The second kappa shape index (κ2) is 6.43. The average Bonchev–Trinajstić information content (AvgIpc) is 3.08. The summed E-state index contributed by atoms with van der Waals surface area (Å²) in [5.41, 5.74) is 2.13. The first kappa shape index (κ1) is 13.7. The molecule has 0 saturated heterocycles. The normalized spacial score (nSPS) is 12.6. The molecule has 0 amide bonds. The van der Waals surface area contributed by atoms with E-state index in [1.165, 1.54) is 0 Å². The number of aryl methyl sites for hydroxylation is 1. The Morgan fingerprint density at radius 2 is 2.32 bits per heavy atom. The molecule has 1 N–H and O–H groups in total. The number of nitrogens with zero attached hydrogens (tertiary/aromatic N) is 2. The van der Waals surface area contributed by atoms with Crippen molar-refractivity contribution >= 4 is 0 Å². The fourth-order valence-corrected chi connectivity index (χ4v) is 2.18. The summed E-state index contributed by atoms with van der Waals surface area (Å²) in [4.78, 5) is 0. The first-order valence-electron chi connectivity index (χ1n) is 6.66. The zero-order chi connectivity index (χ0) is 13.7. The summed E-state index contributed by atoms with van der Waals surface area (Å²) >= 11 is 0. The topological polar surface area (TPSA) is 52.2 Å². The van der Waals surface area contributed by atoms with Crippen LogP contribution in [0.3, 0.4) is 0 Å². The van der Waals surface area contributed by atoms with Crippen molar-refractivity contribution in [2.75, 3.05) is 13.7 Å². The van der Waals surface area contributed by atoms with Crippen LogP contribution in [0.5, 0.6) is 5.75 Å². The van der Waals surface area contributed by atoms with E-state index in [0.717, 1.165) is 36.5 Å². The van der Waals surface area contributed by atoms with Crippen LogP contribution in [0.1, 0.15) is 37.6 Å². The highest BCUT2D eigenvalue weighted by molar-refractivity contribution is 5.35. The number of hydrogen-bond acceptors (Lipinski definition) is 4. The van der Waals surface area contributed by atoms with Crippen LogP contribution in [-0.4, -0.2) is 23.4 Å². The molecule has 0 spiro atoms. The molecule has 0 fully saturated rings. The van der Waals surface area contributed by atoms with Crippen LogP contribution in [0.25, 0.3) is 0 Å². The molecule has 1 unspecified atom stereocenters. The third kappa shape index (κ3) is 2.81. The molecule has 2 heterocycles. The van der Waals surface area contributed by atoms with Gasteiger partial charge in [0.15, 0.2) is 5.75 Å².